The Kier molecular flexibility index (Phi) is 7.48. The molecule has 0 spiro atoms. The fourth-order valence-electron chi connectivity index (χ4n) is 3.71. The van der Waals surface area contributed by atoms with Gasteiger partial charge in [-0.05, 0) is 30.7 Å². The Morgan fingerprint density at radius 2 is 1.94 bits per heavy atom. The van der Waals surface area contributed by atoms with Crippen molar-refractivity contribution in [1.29, 1.82) is 0 Å². The lowest BCUT2D eigenvalue weighted by Gasteiger charge is -2.15. The van der Waals surface area contributed by atoms with Crippen molar-refractivity contribution in [3.05, 3.63) is 48.5 Å². The molecule has 34 heavy (non-hydrogen) atoms. The first-order valence-corrected chi connectivity index (χ1v) is 11.0. The van der Waals surface area contributed by atoms with Crippen molar-refractivity contribution in [1.82, 2.24) is 14.9 Å². The van der Waals surface area contributed by atoms with Gasteiger partial charge in [-0.15, -0.1) is 0 Å². The molecule has 1 saturated heterocycles. The van der Waals surface area contributed by atoms with E-state index in [0.29, 0.717) is 61.2 Å². The number of benzene rings is 2. The van der Waals surface area contributed by atoms with E-state index in [0.717, 1.165) is 6.42 Å². The lowest BCUT2D eigenvalue weighted by atomic mass is 10.2. The van der Waals surface area contributed by atoms with Gasteiger partial charge in [0.2, 0.25) is 11.8 Å². The van der Waals surface area contributed by atoms with E-state index in [2.05, 4.69) is 20.6 Å². The van der Waals surface area contributed by atoms with E-state index in [9.17, 15) is 14.0 Å². The van der Waals surface area contributed by atoms with Gasteiger partial charge in [0.05, 0.1) is 17.5 Å². The second-order valence-electron chi connectivity index (χ2n) is 7.85. The maximum absolute atomic E-state index is 14.8. The molecule has 2 heterocycles. The number of halogens is 1. The summed E-state index contributed by atoms with van der Waals surface area (Å²) in [5.74, 6) is 0.117. The largest absolute Gasteiger partial charge is 0.491 e. The van der Waals surface area contributed by atoms with E-state index in [-0.39, 0.29) is 23.6 Å². The van der Waals surface area contributed by atoms with Gasteiger partial charge in [-0.3, -0.25) is 9.59 Å². The van der Waals surface area contributed by atoms with Crippen LogP contribution in [0.4, 0.5) is 21.6 Å². The summed E-state index contributed by atoms with van der Waals surface area (Å²) in [5.41, 5.74) is 1.70. The number of methoxy groups -OCH3 is 1. The van der Waals surface area contributed by atoms with Crippen molar-refractivity contribution >= 4 is 39.9 Å². The smallest absolute Gasteiger partial charge is 0.226 e. The molecule has 1 aliphatic rings. The normalized spacial score (nSPS) is 13.4. The third-order valence-electron chi connectivity index (χ3n) is 5.43. The first-order chi connectivity index (χ1) is 16.5. The van der Waals surface area contributed by atoms with Crippen LogP contribution in [0.5, 0.6) is 5.75 Å². The monoisotopic (exact) mass is 467 g/mol. The molecule has 0 aliphatic carbocycles. The highest BCUT2D eigenvalue weighted by Crippen LogP contribution is 2.29. The zero-order valence-corrected chi connectivity index (χ0v) is 18.8. The van der Waals surface area contributed by atoms with E-state index in [1.165, 1.54) is 12.4 Å². The molecule has 2 aromatic carbocycles. The second kappa shape index (κ2) is 10.9. The molecule has 9 nitrogen and oxygen atoms in total. The summed E-state index contributed by atoms with van der Waals surface area (Å²) in [6, 6.07) is 9.93. The Hall–Kier alpha value is -3.79. The molecule has 10 heteroatoms. The molecule has 0 saturated carbocycles. The fourth-order valence-corrected chi connectivity index (χ4v) is 3.71. The van der Waals surface area contributed by atoms with Crippen LogP contribution in [0.1, 0.15) is 19.3 Å². The maximum Gasteiger partial charge on any atom is 0.226 e. The number of amides is 2. The van der Waals surface area contributed by atoms with Gasteiger partial charge in [0.1, 0.15) is 30.3 Å². The van der Waals surface area contributed by atoms with Gasteiger partial charge in [0.15, 0.2) is 0 Å². The topological polar surface area (TPSA) is 106 Å². The van der Waals surface area contributed by atoms with Gasteiger partial charge in [0, 0.05) is 56.5 Å². The summed E-state index contributed by atoms with van der Waals surface area (Å²) in [6.45, 7) is 1.84. The predicted octanol–water partition coefficient (Wildman–Crippen LogP) is 3.49. The van der Waals surface area contributed by atoms with Crippen molar-refractivity contribution in [3.63, 3.8) is 0 Å². The highest BCUT2D eigenvalue weighted by Gasteiger charge is 2.20. The molecule has 2 amide bonds. The lowest BCUT2D eigenvalue weighted by molar-refractivity contribution is -0.128. The number of rotatable bonds is 10. The molecule has 178 valence electrons. The summed E-state index contributed by atoms with van der Waals surface area (Å²) >= 11 is 0. The molecule has 0 radical (unpaired) electrons. The average molecular weight is 468 g/mol. The standard InChI is InChI=1S/C24H26FN5O4/c1-33-11-12-34-18-13-19(25)23-20(14-18)26-15-27-24(23)29-17-6-4-16(5-7-17)28-21(31)8-10-30-9-2-3-22(30)32/h4-7,13-15H,2-3,8-12H2,1H3,(H,28,31)(H,26,27,29). The highest BCUT2D eigenvalue weighted by atomic mass is 19.1. The second-order valence-corrected chi connectivity index (χ2v) is 7.85. The number of hydrogen-bond acceptors (Lipinski definition) is 7. The van der Waals surface area contributed by atoms with Crippen LogP contribution in [-0.2, 0) is 14.3 Å². The molecule has 3 aromatic rings. The Bertz CT molecular complexity index is 1170. The Labute approximate surface area is 196 Å². The van der Waals surface area contributed by atoms with Crippen LogP contribution in [0.15, 0.2) is 42.7 Å². The predicted molar refractivity (Wildman–Crippen MR) is 126 cm³/mol. The average Bonchev–Trinajstić information content (AvgIpc) is 3.24. The van der Waals surface area contributed by atoms with Crippen LogP contribution in [-0.4, -0.2) is 60.1 Å². The first kappa shape index (κ1) is 23.4. The first-order valence-electron chi connectivity index (χ1n) is 11.0. The Morgan fingerprint density at radius 3 is 2.68 bits per heavy atom. The van der Waals surface area contributed by atoms with Gasteiger partial charge in [-0.25, -0.2) is 14.4 Å². The zero-order chi connectivity index (χ0) is 23.9. The van der Waals surface area contributed by atoms with Crippen LogP contribution in [0.25, 0.3) is 10.9 Å². The number of fused-ring (bicyclic) bond motifs is 1. The van der Waals surface area contributed by atoms with E-state index in [1.807, 2.05) is 0 Å². The van der Waals surface area contributed by atoms with Crippen LogP contribution >= 0.6 is 0 Å². The Balaban J connectivity index is 1.39. The molecule has 0 atom stereocenters. The summed E-state index contributed by atoms with van der Waals surface area (Å²) in [5, 5.41) is 6.17. The van der Waals surface area contributed by atoms with Crippen LogP contribution in [0.3, 0.4) is 0 Å². The fraction of sp³-hybridized carbons (Fsp3) is 0.333. The summed E-state index contributed by atoms with van der Waals surface area (Å²) in [7, 11) is 1.56. The van der Waals surface area contributed by atoms with Gasteiger partial charge in [0.25, 0.3) is 0 Å². The number of carbonyl (C=O) groups excluding carboxylic acids is 2. The number of nitrogens with zero attached hydrogens (tertiary/aromatic N) is 3. The third kappa shape index (κ3) is 5.76. The molecule has 0 unspecified atom stereocenters. The quantitative estimate of drug-likeness (QED) is 0.440. The summed E-state index contributed by atoms with van der Waals surface area (Å²) in [6.07, 6.45) is 3.01. The number of likely N-dealkylation sites (tertiary alicyclic amines) is 1. The summed E-state index contributed by atoms with van der Waals surface area (Å²) < 4.78 is 25.3. The molecule has 1 aromatic heterocycles. The SMILES string of the molecule is COCCOc1cc(F)c2c(Nc3ccc(NC(=O)CCN4CCCC4=O)cc3)ncnc2c1. The van der Waals surface area contributed by atoms with Gasteiger partial charge in [-0.1, -0.05) is 0 Å². The molecule has 0 bridgehead atoms. The zero-order valence-electron chi connectivity index (χ0n) is 18.8. The van der Waals surface area contributed by atoms with Crippen molar-refractivity contribution < 1.29 is 23.5 Å². The van der Waals surface area contributed by atoms with E-state index in [4.69, 9.17) is 9.47 Å². The third-order valence-corrected chi connectivity index (χ3v) is 5.43. The molecular weight excluding hydrogens is 441 g/mol. The molecular formula is C24H26FN5O4. The van der Waals surface area contributed by atoms with Gasteiger partial charge < -0.3 is 25.0 Å². The van der Waals surface area contributed by atoms with Crippen LogP contribution < -0.4 is 15.4 Å². The minimum atomic E-state index is -0.506. The highest BCUT2D eigenvalue weighted by molar-refractivity contribution is 5.93. The number of nitrogens with one attached hydrogen (secondary N) is 2. The molecule has 1 fully saturated rings. The molecule has 4 rings (SSSR count). The number of aromatic nitrogens is 2. The summed E-state index contributed by atoms with van der Waals surface area (Å²) in [4.78, 5) is 33.9. The number of anilines is 3. The molecule has 1 aliphatic heterocycles. The minimum absolute atomic E-state index is 0.103. The van der Waals surface area contributed by atoms with Crippen molar-refractivity contribution in [2.75, 3.05) is 44.0 Å². The number of carbonyl (C=O) groups is 2. The minimum Gasteiger partial charge on any atom is -0.491 e. The van der Waals surface area contributed by atoms with E-state index < -0.39 is 5.82 Å². The van der Waals surface area contributed by atoms with Gasteiger partial charge in [-0.2, -0.15) is 0 Å². The van der Waals surface area contributed by atoms with E-state index >= 15 is 0 Å². The van der Waals surface area contributed by atoms with Gasteiger partial charge >= 0.3 is 0 Å². The maximum atomic E-state index is 14.8. The number of ether oxygens (including phenoxy) is 2. The van der Waals surface area contributed by atoms with Crippen LogP contribution in [0.2, 0.25) is 0 Å². The van der Waals surface area contributed by atoms with Crippen molar-refractivity contribution in [2.24, 2.45) is 0 Å². The van der Waals surface area contributed by atoms with Crippen molar-refractivity contribution in [2.45, 2.75) is 19.3 Å². The number of hydrogen-bond donors (Lipinski definition) is 2. The Morgan fingerprint density at radius 1 is 1.15 bits per heavy atom. The van der Waals surface area contributed by atoms with E-state index in [1.54, 1.807) is 42.3 Å². The lowest BCUT2D eigenvalue weighted by Crippen LogP contribution is -2.28. The van der Waals surface area contributed by atoms with Crippen molar-refractivity contribution in [3.8, 4) is 5.75 Å². The van der Waals surface area contributed by atoms with Crippen LogP contribution in [0, 0.1) is 5.82 Å². The molecule has 2 N–H and O–H groups in total.